The first kappa shape index (κ1) is 22.4. The molecule has 1 fully saturated rings. The van der Waals surface area contributed by atoms with Crippen molar-refractivity contribution >= 4 is 23.8 Å². The van der Waals surface area contributed by atoms with E-state index in [1.54, 1.807) is 14.0 Å². The maximum atomic E-state index is 12.7. The maximum Gasteiger partial charge on any atom is 0.344 e. The molecule has 1 atom stereocenters. The molecule has 1 aromatic carbocycles. The summed E-state index contributed by atoms with van der Waals surface area (Å²) in [6.07, 6.45) is 1.02. The molecule has 1 heterocycles. The lowest BCUT2D eigenvalue weighted by Crippen LogP contribution is -2.51. The minimum Gasteiger partial charge on any atom is -0.353 e. The summed E-state index contributed by atoms with van der Waals surface area (Å²) < 4.78 is 0. The van der Waals surface area contributed by atoms with Crippen LogP contribution in [0, 0.1) is 0 Å². The van der Waals surface area contributed by atoms with Crippen LogP contribution in [0.4, 0.5) is 4.79 Å². The molecule has 5 amide bonds. The van der Waals surface area contributed by atoms with Gasteiger partial charge >= 0.3 is 6.03 Å². The van der Waals surface area contributed by atoms with Gasteiger partial charge < -0.3 is 10.6 Å². The highest BCUT2D eigenvalue weighted by atomic mass is 16.2. The van der Waals surface area contributed by atoms with Crippen LogP contribution in [-0.4, -0.2) is 65.4 Å². The maximum absolute atomic E-state index is 12.7. The third-order valence-corrected chi connectivity index (χ3v) is 4.53. The lowest BCUT2D eigenvalue weighted by atomic mass is 9.93. The number of carbonyl (C=O) groups excluding carboxylic acids is 4. The highest BCUT2D eigenvalue weighted by Gasteiger charge is 2.48. The Labute approximate surface area is 170 Å². The van der Waals surface area contributed by atoms with Crippen molar-refractivity contribution in [3.63, 3.8) is 0 Å². The largest absolute Gasteiger partial charge is 0.353 e. The third kappa shape index (κ3) is 6.28. The Morgan fingerprint density at radius 2 is 1.76 bits per heavy atom. The van der Waals surface area contributed by atoms with Crippen molar-refractivity contribution in [1.82, 2.24) is 26.0 Å². The average molecular weight is 403 g/mol. The number of rotatable bonds is 9. The van der Waals surface area contributed by atoms with E-state index in [2.05, 4.69) is 16.1 Å². The fraction of sp³-hybridized carbons (Fsp3) is 0.500. The molecule has 1 aromatic rings. The first-order valence-electron chi connectivity index (χ1n) is 9.59. The molecule has 29 heavy (non-hydrogen) atoms. The van der Waals surface area contributed by atoms with E-state index in [0.29, 0.717) is 12.8 Å². The van der Waals surface area contributed by atoms with Crippen LogP contribution in [0.15, 0.2) is 30.3 Å². The number of hydrogen-bond donors (Lipinski definition) is 3. The summed E-state index contributed by atoms with van der Waals surface area (Å²) in [4.78, 5) is 50.5. The number of benzene rings is 1. The molecular formula is C20H29N5O4. The van der Waals surface area contributed by atoms with E-state index in [4.69, 9.17) is 0 Å². The van der Waals surface area contributed by atoms with E-state index >= 15 is 0 Å². The van der Waals surface area contributed by atoms with Crippen molar-refractivity contribution in [3.8, 4) is 0 Å². The summed E-state index contributed by atoms with van der Waals surface area (Å²) in [7, 11) is 1.61. The van der Waals surface area contributed by atoms with Crippen LogP contribution in [0.3, 0.4) is 0 Å². The number of imide groups is 1. The van der Waals surface area contributed by atoms with Gasteiger partial charge in [0, 0.05) is 6.04 Å². The molecule has 158 valence electrons. The van der Waals surface area contributed by atoms with E-state index in [0.717, 1.165) is 10.6 Å². The zero-order valence-electron chi connectivity index (χ0n) is 17.3. The van der Waals surface area contributed by atoms with Crippen molar-refractivity contribution in [2.45, 2.75) is 45.2 Å². The molecule has 0 saturated carbocycles. The van der Waals surface area contributed by atoms with E-state index in [-0.39, 0.29) is 25.0 Å². The van der Waals surface area contributed by atoms with Gasteiger partial charge in [0.25, 0.3) is 11.8 Å². The molecule has 9 nitrogen and oxygen atoms in total. The smallest absolute Gasteiger partial charge is 0.344 e. The zero-order valence-corrected chi connectivity index (χ0v) is 17.3. The number of amides is 5. The highest BCUT2D eigenvalue weighted by Crippen LogP contribution is 2.22. The molecule has 3 N–H and O–H groups in total. The minimum absolute atomic E-state index is 0.00390. The van der Waals surface area contributed by atoms with Gasteiger partial charge in [0.2, 0.25) is 5.91 Å². The van der Waals surface area contributed by atoms with Crippen LogP contribution in [-0.2, 0) is 20.8 Å². The van der Waals surface area contributed by atoms with Crippen molar-refractivity contribution in [3.05, 3.63) is 35.9 Å². The summed E-state index contributed by atoms with van der Waals surface area (Å²) in [6, 6.07) is 8.98. The fourth-order valence-corrected chi connectivity index (χ4v) is 3.07. The molecule has 0 aromatic heterocycles. The second kappa shape index (κ2) is 9.51. The number of aryl methyl sites for hydroxylation is 1. The van der Waals surface area contributed by atoms with Gasteiger partial charge in [-0.15, -0.1) is 0 Å². The quantitative estimate of drug-likeness (QED) is 0.518. The van der Waals surface area contributed by atoms with E-state index in [9.17, 15) is 19.2 Å². The second-order valence-electron chi connectivity index (χ2n) is 7.82. The van der Waals surface area contributed by atoms with Crippen LogP contribution in [0.1, 0.15) is 32.8 Å². The molecule has 0 spiro atoms. The lowest BCUT2D eigenvalue weighted by molar-refractivity contribution is -0.139. The van der Waals surface area contributed by atoms with Gasteiger partial charge in [-0.2, -0.15) is 5.01 Å². The Kier molecular flexibility index (Phi) is 7.33. The molecule has 0 radical (unpaired) electrons. The van der Waals surface area contributed by atoms with Crippen LogP contribution in [0.5, 0.6) is 0 Å². The first-order valence-corrected chi connectivity index (χ1v) is 9.59. The molecule has 0 unspecified atom stereocenters. The van der Waals surface area contributed by atoms with Gasteiger partial charge in [-0.1, -0.05) is 30.3 Å². The molecular weight excluding hydrogens is 374 g/mol. The standard InChI is InChI=1S/C20H29N5O4/c1-14(2)21-16(26)12-24(4)13-17(27)23-25-18(28)20(3,22-19(25)29)11-10-15-8-6-5-7-9-15/h5-9,14H,10-13H2,1-4H3,(H,21,26)(H,22,29)(H,23,27)/t20-/m0/s1. The van der Waals surface area contributed by atoms with Gasteiger partial charge in [-0.05, 0) is 46.2 Å². The summed E-state index contributed by atoms with van der Waals surface area (Å²) in [5.41, 5.74) is 2.30. The minimum atomic E-state index is -1.09. The summed E-state index contributed by atoms with van der Waals surface area (Å²) in [5.74, 6) is -1.27. The van der Waals surface area contributed by atoms with Crippen molar-refractivity contribution in [1.29, 1.82) is 0 Å². The molecule has 0 bridgehead atoms. The SMILES string of the molecule is CC(C)NC(=O)CN(C)CC(=O)NN1C(=O)N[C@@](C)(CCc2ccccc2)C1=O. The van der Waals surface area contributed by atoms with Crippen LogP contribution in [0.25, 0.3) is 0 Å². The Morgan fingerprint density at radius 3 is 2.38 bits per heavy atom. The summed E-state index contributed by atoms with van der Waals surface area (Å²) in [6.45, 7) is 5.22. The molecule has 9 heteroatoms. The van der Waals surface area contributed by atoms with Gasteiger partial charge in [-0.25, -0.2) is 4.79 Å². The Morgan fingerprint density at radius 1 is 1.14 bits per heavy atom. The number of carbonyl (C=O) groups is 4. The van der Waals surface area contributed by atoms with Crippen LogP contribution in [0.2, 0.25) is 0 Å². The number of likely N-dealkylation sites (N-methyl/N-ethyl adjacent to an activating group) is 1. The van der Waals surface area contributed by atoms with Gasteiger partial charge in [-0.3, -0.25) is 24.7 Å². The predicted octanol–water partition coefficient (Wildman–Crippen LogP) is 0.417. The Bertz CT molecular complexity index is 767. The van der Waals surface area contributed by atoms with Crippen LogP contribution >= 0.6 is 0 Å². The molecule has 0 aliphatic carbocycles. The first-order chi connectivity index (χ1) is 13.6. The summed E-state index contributed by atoms with van der Waals surface area (Å²) in [5, 5.41) is 6.11. The van der Waals surface area contributed by atoms with Crippen molar-refractivity contribution in [2.75, 3.05) is 20.1 Å². The number of nitrogens with zero attached hydrogens (tertiary/aromatic N) is 2. The highest BCUT2D eigenvalue weighted by molar-refractivity contribution is 6.07. The molecule has 2 rings (SSSR count). The molecule has 1 aliphatic rings. The molecule has 1 aliphatic heterocycles. The number of hydrazine groups is 1. The predicted molar refractivity (Wildman–Crippen MR) is 107 cm³/mol. The van der Waals surface area contributed by atoms with Crippen LogP contribution < -0.4 is 16.1 Å². The van der Waals surface area contributed by atoms with E-state index in [1.165, 1.54) is 4.90 Å². The topological polar surface area (TPSA) is 111 Å². The Hall–Kier alpha value is -2.94. The Balaban J connectivity index is 1.88. The van der Waals surface area contributed by atoms with Crippen molar-refractivity contribution in [2.24, 2.45) is 0 Å². The second-order valence-corrected chi connectivity index (χ2v) is 7.82. The average Bonchev–Trinajstić information content (AvgIpc) is 2.83. The lowest BCUT2D eigenvalue weighted by Gasteiger charge is -2.22. The van der Waals surface area contributed by atoms with E-state index < -0.39 is 23.4 Å². The number of hydrogen-bond acceptors (Lipinski definition) is 5. The van der Waals surface area contributed by atoms with E-state index in [1.807, 2.05) is 44.2 Å². The fourth-order valence-electron chi connectivity index (χ4n) is 3.07. The van der Waals surface area contributed by atoms with Gasteiger partial charge in [0.05, 0.1) is 13.1 Å². The normalized spacial score (nSPS) is 18.9. The third-order valence-electron chi connectivity index (χ3n) is 4.53. The number of nitrogens with one attached hydrogen (secondary N) is 3. The van der Waals surface area contributed by atoms with Gasteiger partial charge in [0.15, 0.2) is 0 Å². The zero-order chi connectivity index (χ0) is 21.6. The van der Waals surface area contributed by atoms with Gasteiger partial charge in [0.1, 0.15) is 5.54 Å². The number of urea groups is 1. The summed E-state index contributed by atoms with van der Waals surface area (Å²) >= 11 is 0. The monoisotopic (exact) mass is 403 g/mol. The van der Waals surface area contributed by atoms with Crippen molar-refractivity contribution < 1.29 is 19.2 Å². The molecule has 1 saturated heterocycles.